The van der Waals surface area contributed by atoms with Gasteiger partial charge >= 0.3 is 0 Å². The molecule has 8 aromatic rings. The standard InChI is InChI=1S/C44H28N2S/c1-3-9-29(10-4-1)30-17-21-32(22-18-30)39-28-40(46-44(45-39)35-11-5-2-6-12-35)33-23-19-31(20-24-33)36-25-26-37-38-15-7-13-34-14-8-16-41(43(34)38)47-42(37)27-36/h1-28H. The van der Waals surface area contributed by atoms with E-state index in [2.05, 4.69) is 146 Å². The van der Waals surface area contributed by atoms with E-state index in [1.54, 1.807) is 0 Å². The monoisotopic (exact) mass is 616 g/mol. The molecule has 0 spiro atoms. The summed E-state index contributed by atoms with van der Waals surface area (Å²) in [5.41, 5.74) is 12.3. The van der Waals surface area contributed by atoms with Gasteiger partial charge in [-0.1, -0.05) is 163 Å². The predicted molar refractivity (Wildman–Crippen MR) is 196 cm³/mol. The molecule has 9 rings (SSSR count). The van der Waals surface area contributed by atoms with Gasteiger partial charge in [-0.3, -0.25) is 0 Å². The van der Waals surface area contributed by atoms with Gasteiger partial charge in [0.05, 0.1) is 11.4 Å². The fraction of sp³-hybridized carbons (Fsp3) is 0. The minimum absolute atomic E-state index is 0.719. The van der Waals surface area contributed by atoms with E-state index in [-0.39, 0.29) is 0 Å². The summed E-state index contributed by atoms with van der Waals surface area (Å²) < 4.78 is 0. The van der Waals surface area contributed by atoms with Crippen molar-refractivity contribution >= 4 is 22.5 Å². The molecule has 1 aromatic heterocycles. The first-order chi connectivity index (χ1) is 23.3. The molecule has 47 heavy (non-hydrogen) atoms. The van der Waals surface area contributed by atoms with Crippen LogP contribution in [0.5, 0.6) is 0 Å². The second-order valence-electron chi connectivity index (χ2n) is 11.8. The van der Waals surface area contributed by atoms with Crippen LogP contribution in [-0.4, -0.2) is 9.97 Å². The van der Waals surface area contributed by atoms with Gasteiger partial charge in [0.15, 0.2) is 5.82 Å². The van der Waals surface area contributed by atoms with E-state index in [1.165, 1.54) is 53.9 Å². The van der Waals surface area contributed by atoms with Crippen molar-refractivity contribution in [2.24, 2.45) is 0 Å². The lowest BCUT2D eigenvalue weighted by Gasteiger charge is -2.21. The summed E-state index contributed by atoms with van der Waals surface area (Å²) >= 11 is 1.87. The molecule has 0 saturated heterocycles. The van der Waals surface area contributed by atoms with Crippen molar-refractivity contribution in [2.75, 3.05) is 0 Å². The van der Waals surface area contributed by atoms with Crippen LogP contribution >= 0.6 is 11.8 Å². The topological polar surface area (TPSA) is 25.8 Å². The Morgan fingerprint density at radius 3 is 1.53 bits per heavy atom. The van der Waals surface area contributed by atoms with Crippen LogP contribution in [0.4, 0.5) is 0 Å². The summed E-state index contributed by atoms with van der Waals surface area (Å²) in [5, 5.41) is 2.65. The molecular weight excluding hydrogens is 589 g/mol. The summed E-state index contributed by atoms with van der Waals surface area (Å²) in [6.45, 7) is 0. The summed E-state index contributed by atoms with van der Waals surface area (Å²) in [6.07, 6.45) is 0. The van der Waals surface area contributed by atoms with E-state index in [9.17, 15) is 0 Å². The smallest absolute Gasteiger partial charge is 0.160 e. The van der Waals surface area contributed by atoms with Gasteiger partial charge in [0.25, 0.3) is 0 Å². The Labute approximate surface area is 278 Å². The Hall–Kier alpha value is -5.77. The van der Waals surface area contributed by atoms with Crippen molar-refractivity contribution in [1.82, 2.24) is 9.97 Å². The van der Waals surface area contributed by atoms with Crippen molar-refractivity contribution < 1.29 is 0 Å². The van der Waals surface area contributed by atoms with Crippen LogP contribution in [0, 0.1) is 0 Å². The molecule has 2 heterocycles. The molecule has 0 aliphatic carbocycles. The van der Waals surface area contributed by atoms with Crippen molar-refractivity contribution in [2.45, 2.75) is 9.79 Å². The largest absolute Gasteiger partial charge is 0.228 e. The second kappa shape index (κ2) is 11.5. The van der Waals surface area contributed by atoms with E-state index >= 15 is 0 Å². The molecule has 0 atom stereocenters. The normalized spacial score (nSPS) is 11.7. The average molecular weight is 617 g/mol. The fourth-order valence-electron chi connectivity index (χ4n) is 6.50. The zero-order valence-corrected chi connectivity index (χ0v) is 26.3. The third kappa shape index (κ3) is 5.11. The van der Waals surface area contributed by atoms with Gasteiger partial charge in [-0.15, -0.1) is 0 Å². The fourth-order valence-corrected chi connectivity index (χ4v) is 7.69. The maximum absolute atomic E-state index is 5.05. The maximum Gasteiger partial charge on any atom is 0.160 e. The van der Waals surface area contributed by atoms with E-state index in [1.807, 2.05) is 36.0 Å². The molecule has 0 N–H and O–H groups in total. The Balaban J connectivity index is 1.07. The van der Waals surface area contributed by atoms with Crippen LogP contribution in [0.3, 0.4) is 0 Å². The summed E-state index contributed by atoms with van der Waals surface area (Å²) in [7, 11) is 0. The first kappa shape index (κ1) is 27.5. The van der Waals surface area contributed by atoms with E-state index in [0.29, 0.717) is 0 Å². The zero-order chi connectivity index (χ0) is 31.2. The van der Waals surface area contributed by atoms with Gasteiger partial charge in [-0.2, -0.15) is 0 Å². The van der Waals surface area contributed by atoms with Gasteiger partial charge < -0.3 is 0 Å². The van der Waals surface area contributed by atoms with Crippen molar-refractivity contribution in [1.29, 1.82) is 0 Å². The minimum Gasteiger partial charge on any atom is -0.228 e. The van der Waals surface area contributed by atoms with E-state index in [0.717, 1.165) is 33.9 Å². The van der Waals surface area contributed by atoms with Crippen LogP contribution < -0.4 is 0 Å². The lowest BCUT2D eigenvalue weighted by Crippen LogP contribution is -1.96. The Bertz CT molecular complexity index is 2390. The number of aromatic nitrogens is 2. The van der Waals surface area contributed by atoms with Crippen LogP contribution in [-0.2, 0) is 0 Å². The Morgan fingerprint density at radius 2 is 0.872 bits per heavy atom. The highest BCUT2D eigenvalue weighted by atomic mass is 32.2. The second-order valence-corrected chi connectivity index (χ2v) is 12.9. The molecule has 7 aromatic carbocycles. The SMILES string of the molecule is c1ccc(-c2ccc(-c3cc(-c4ccc(-c5ccc6c(c5)Sc5cccc7cccc-6c57)cc4)nc(-c4ccccc4)n3)cc2)cc1. The highest BCUT2D eigenvalue weighted by molar-refractivity contribution is 7.99. The van der Waals surface area contributed by atoms with Crippen LogP contribution in [0.2, 0.25) is 0 Å². The molecule has 0 fully saturated rings. The first-order valence-electron chi connectivity index (χ1n) is 15.8. The number of fused-ring (bicyclic) bond motifs is 2. The number of nitrogens with zero attached hydrogens (tertiary/aromatic N) is 2. The van der Waals surface area contributed by atoms with E-state index in [4.69, 9.17) is 9.97 Å². The minimum atomic E-state index is 0.719. The quantitative estimate of drug-likeness (QED) is 0.192. The van der Waals surface area contributed by atoms with Crippen LogP contribution in [0.1, 0.15) is 0 Å². The molecular formula is C44H28N2S. The summed E-state index contributed by atoms with van der Waals surface area (Å²) in [6, 6.07) is 60.3. The third-order valence-corrected chi connectivity index (χ3v) is 10.0. The van der Waals surface area contributed by atoms with Gasteiger partial charge in [-0.05, 0) is 57.0 Å². The molecule has 1 aliphatic heterocycles. The molecule has 2 nitrogen and oxygen atoms in total. The summed E-state index contributed by atoms with van der Waals surface area (Å²) in [5.74, 6) is 0.719. The summed E-state index contributed by atoms with van der Waals surface area (Å²) in [4.78, 5) is 12.7. The number of hydrogen-bond donors (Lipinski definition) is 0. The highest BCUT2D eigenvalue weighted by Gasteiger charge is 2.19. The molecule has 0 radical (unpaired) electrons. The average Bonchev–Trinajstić information content (AvgIpc) is 3.15. The molecule has 3 heteroatoms. The van der Waals surface area contributed by atoms with Gasteiger partial charge in [0.2, 0.25) is 0 Å². The van der Waals surface area contributed by atoms with Crippen molar-refractivity contribution in [3.05, 3.63) is 170 Å². The van der Waals surface area contributed by atoms with Gasteiger partial charge in [0.1, 0.15) is 0 Å². The molecule has 1 aliphatic rings. The Morgan fingerprint density at radius 1 is 0.340 bits per heavy atom. The molecule has 0 bridgehead atoms. The maximum atomic E-state index is 5.05. The first-order valence-corrected chi connectivity index (χ1v) is 16.6. The van der Waals surface area contributed by atoms with Gasteiger partial charge in [0, 0.05) is 31.9 Å². The molecule has 0 unspecified atom stereocenters. The number of hydrogen-bond acceptors (Lipinski definition) is 3. The number of benzene rings is 7. The molecule has 220 valence electrons. The van der Waals surface area contributed by atoms with Crippen LogP contribution in [0.15, 0.2) is 180 Å². The third-order valence-electron chi connectivity index (χ3n) is 8.92. The predicted octanol–water partition coefficient (Wildman–Crippen LogP) is 12.1. The highest BCUT2D eigenvalue weighted by Crippen LogP contribution is 2.48. The lowest BCUT2D eigenvalue weighted by molar-refractivity contribution is 1.18. The van der Waals surface area contributed by atoms with E-state index < -0.39 is 0 Å². The van der Waals surface area contributed by atoms with Crippen molar-refractivity contribution in [3.63, 3.8) is 0 Å². The van der Waals surface area contributed by atoms with Gasteiger partial charge in [-0.25, -0.2) is 9.97 Å². The molecule has 0 amide bonds. The lowest BCUT2D eigenvalue weighted by atomic mass is 9.95. The van der Waals surface area contributed by atoms with Crippen LogP contribution in [0.25, 0.3) is 78.1 Å². The zero-order valence-electron chi connectivity index (χ0n) is 25.5. The molecule has 0 saturated carbocycles. The number of rotatable bonds is 5. The van der Waals surface area contributed by atoms with Crippen molar-refractivity contribution in [3.8, 4) is 67.3 Å². The Kier molecular flexibility index (Phi) is 6.76.